The molecule has 0 aromatic rings. The molecule has 4 atom stereocenters. The number of oxime groups is 4. The Morgan fingerprint density at radius 2 is 0.636 bits per heavy atom. The van der Waals surface area contributed by atoms with Crippen molar-refractivity contribution in [3.63, 3.8) is 0 Å². The number of rotatable bonds is 26. The maximum atomic E-state index is 10.4. The third-order valence-corrected chi connectivity index (χ3v) is 5.78. The van der Waals surface area contributed by atoms with Gasteiger partial charge in [-0.15, -0.1) is 0 Å². The standard InChI is InChI=1S/C10H20N2O3.C9H18N2O3.C8H16N2O3.C7H14N2O3.CH4/c1-8(2)12-15-7-5-3-4-6-9(11)10(13)14;1-7(2)11-14-6-4-3-5-8(10)9(12)13;1-6(2)10-13-5-3-4-7(9)8(11)12;1-5(2)9-12-4-3-6(8)7(10)11;/h9H,3-7,11H2,1-2H3,(H,13,14);8H,3-6,10H2,1-2H3,(H,12,13);7H,3-5,9H2,1-2H3,(H,11,12);6H,3-4,8H2,1-2H3,(H,10,11);1H4. The van der Waals surface area contributed by atoms with Crippen LogP contribution in [0.5, 0.6) is 0 Å². The molecular weight excluding hydrogens is 724 g/mol. The van der Waals surface area contributed by atoms with Gasteiger partial charge in [0.15, 0.2) is 0 Å². The van der Waals surface area contributed by atoms with Gasteiger partial charge in [0, 0.05) is 6.42 Å². The quantitative estimate of drug-likeness (QED) is 0.0351. The van der Waals surface area contributed by atoms with Crippen molar-refractivity contribution in [2.24, 2.45) is 43.6 Å². The van der Waals surface area contributed by atoms with Crippen LogP contribution in [-0.4, -0.2) is 118 Å². The molecular formula is C35H72N8O12. The minimum Gasteiger partial charge on any atom is -0.480 e. The zero-order valence-electron chi connectivity index (χ0n) is 33.4. The summed E-state index contributed by atoms with van der Waals surface area (Å²) in [5.41, 5.74) is 24.5. The van der Waals surface area contributed by atoms with Crippen molar-refractivity contribution < 1.29 is 59.0 Å². The first kappa shape index (κ1) is 59.9. The lowest BCUT2D eigenvalue weighted by molar-refractivity contribution is -0.139. The summed E-state index contributed by atoms with van der Waals surface area (Å²) in [5, 5.41) is 48.7. The molecule has 12 N–H and O–H groups in total. The lowest BCUT2D eigenvalue weighted by atomic mass is 10.1. The summed E-state index contributed by atoms with van der Waals surface area (Å²) in [6.45, 7) is 16.4. The number of unbranched alkanes of at least 4 members (excludes halogenated alkanes) is 3. The minimum atomic E-state index is -1.02. The Bertz CT molecular complexity index is 1120. The molecule has 20 nitrogen and oxygen atoms in total. The molecule has 0 bridgehead atoms. The second kappa shape index (κ2) is 40.8. The Labute approximate surface area is 326 Å². The molecule has 55 heavy (non-hydrogen) atoms. The van der Waals surface area contributed by atoms with Gasteiger partial charge in [-0.05, 0) is 107 Å². The fourth-order valence-electron chi connectivity index (χ4n) is 2.98. The maximum absolute atomic E-state index is 10.4. The van der Waals surface area contributed by atoms with Crippen LogP contribution in [0.3, 0.4) is 0 Å². The summed E-state index contributed by atoms with van der Waals surface area (Å²) in [5.74, 6) is -3.88. The van der Waals surface area contributed by atoms with Crippen molar-refractivity contribution >= 4 is 46.7 Å². The van der Waals surface area contributed by atoms with E-state index in [2.05, 4.69) is 20.6 Å². The lowest BCUT2D eigenvalue weighted by Crippen LogP contribution is -2.31. The van der Waals surface area contributed by atoms with Gasteiger partial charge in [0.1, 0.15) is 50.6 Å². The molecule has 0 saturated heterocycles. The van der Waals surface area contributed by atoms with E-state index >= 15 is 0 Å². The average Bonchev–Trinajstić information content (AvgIpc) is 3.07. The number of hydrogen-bond donors (Lipinski definition) is 8. The Kier molecular flexibility index (Phi) is 44.4. The predicted molar refractivity (Wildman–Crippen MR) is 214 cm³/mol. The number of nitrogens with two attached hydrogens (primary N) is 4. The Balaban J connectivity index is -0.000000201. The van der Waals surface area contributed by atoms with Crippen LogP contribution >= 0.6 is 0 Å². The Morgan fingerprint density at radius 3 is 0.945 bits per heavy atom. The van der Waals surface area contributed by atoms with E-state index in [0.29, 0.717) is 45.5 Å². The van der Waals surface area contributed by atoms with Gasteiger partial charge in [-0.2, -0.15) is 0 Å². The van der Waals surface area contributed by atoms with E-state index in [1.807, 2.05) is 41.5 Å². The number of carbonyl (C=O) groups is 4. The molecule has 0 aliphatic rings. The summed E-state index contributed by atoms with van der Waals surface area (Å²) < 4.78 is 0. The molecule has 0 aromatic heterocycles. The topological polar surface area (TPSA) is 340 Å². The molecule has 0 spiro atoms. The van der Waals surface area contributed by atoms with Gasteiger partial charge in [-0.3, -0.25) is 19.2 Å². The number of carboxylic acids is 4. The van der Waals surface area contributed by atoms with Crippen molar-refractivity contribution in [3.8, 4) is 0 Å². The van der Waals surface area contributed by atoms with Gasteiger partial charge in [0.25, 0.3) is 0 Å². The number of nitrogens with zero attached hydrogens (tertiary/aromatic N) is 4. The van der Waals surface area contributed by atoms with E-state index in [4.69, 9.17) is 62.7 Å². The van der Waals surface area contributed by atoms with Gasteiger partial charge < -0.3 is 62.7 Å². The molecule has 0 amide bonds. The zero-order valence-corrected chi connectivity index (χ0v) is 33.4. The van der Waals surface area contributed by atoms with Crippen LogP contribution in [0.4, 0.5) is 0 Å². The molecule has 20 heteroatoms. The van der Waals surface area contributed by atoms with Gasteiger partial charge in [0.05, 0.1) is 22.8 Å². The second-order valence-corrected chi connectivity index (χ2v) is 12.5. The average molecular weight is 797 g/mol. The first-order chi connectivity index (χ1) is 25.1. The van der Waals surface area contributed by atoms with Crippen LogP contribution in [-0.2, 0) is 38.5 Å². The lowest BCUT2D eigenvalue weighted by Gasteiger charge is -2.05. The molecule has 0 saturated carbocycles. The normalized spacial score (nSPS) is 11.7. The molecule has 0 rings (SSSR count). The van der Waals surface area contributed by atoms with Crippen molar-refractivity contribution in [1.82, 2.24) is 0 Å². The van der Waals surface area contributed by atoms with Crippen molar-refractivity contribution in [2.45, 2.75) is 151 Å². The molecule has 0 aliphatic carbocycles. The van der Waals surface area contributed by atoms with Crippen LogP contribution in [0, 0.1) is 0 Å². The number of carboxylic acid groups (broad SMARTS) is 4. The van der Waals surface area contributed by atoms with Crippen LogP contribution in [0.1, 0.15) is 127 Å². The summed E-state index contributed by atoms with van der Waals surface area (Å²) >= 11 is 0. The molecule has 0 fully saturated rings. The molecule has 0 radical (unpaired) electrons. The second-order valence-electron chi connectivity index (χ2n) is 12.5. The fraction of sp³-hybridized carbons (Fsp3) is 0.771. The first-order valence-corrected chi connectivity index (χ1v) is 17.6. The third-order valence-electron chi connectivity index (χ3n) is 5.78. The van der Waals surface area contributed by atoms with Crippen molar-refractivity contribution in [2.75, 3.05) is 26.4 Å². The zero-order chi connectivity index (χ0) is 42.5. The molecule has 0 aliphatic heterocycles. The summed E-state index contributed by atoms with van der Waals surface area (Å²) in [6, 6.07) is -3.15. The van der Waals surface area contributed by atoms with E-state index in [1.54, 1.807) is 13.8 Å². The Morgan fingerprint density at radius 1 is 0.400 bits per heavy atom. The van der Waals surface area contributed by atoms with Crippen LogP contribution < -0.4 is 22.9 Å². The maximum Gasteiger partial charge on any atom is 0.320 e. The fourth-order valence-corrected chi connectivity index (χ4v) is 2.98. The van der Waals surface area contributed by atoms with Gasteiger partial charge in [-0.25, -0.2) is 0 Å². The monoisotopic (exact) mass is 797 g/mol. The molecule has 0 heterocycles. The molecule has 4 unspecified atom stereocenters. The number of aliphatic carboxylic acids is 4. The van der Waals surface area contributed by atoms with E-state index in [0.717, 1.165) is 55.0 Å². The Hall–Kier alpha value is -4.40. The van der Waals surface area contributed by atoms with Gasteiger partial charge in [-0.1, -0.05) is 34.5 Å². The highest BCUT2D eigenvalue weighted by Gasteiger charge is 2.12. The minimum absolute atomic E-state index is 0. The van der Waals surface area contributed by atoms with E-state index in [9.17, 15) is 19.2 Å². The summed E-state index contributed by atoms with van der Waals surface area (Å²) in [7, 11) is 0. The largest absolute Gasteiger partial charge is 0.480 e. The third kappa shape index (κ3) is 54.0. The van der Waals surface area contributed by atoms with E-state index in [1.165, 1.54) is 0 Å². The summed E-state index contributed by atoms with van der Waals surface area (Å²) in [4.78, 5) is 60.7. The predicted octanol–water partition coefficient (Wildman–Crippen LogP) is 3.78. The first-order valence-electron chi connectivity index (χ1n) is 17.6. The van der Waals surface area contributed by atoms with Gasteiger partial charge >= 0.3 is 23.9 Å². The SMILES string of the molecule is C.CC(C)=NOCCC(N)C(=O)O.CC(C)=NOCCCC(N)C(=O)O.CC(C)=NOCCCCC(N)C(=O)O.CC(C)=NOCCCCCC(N)C(=O)O. The molecule has 0 aromatic carbocycles. The van der Waals surface area contributed by atoms with E-state index in [-0.39, 0.29) is 20.5 Å². The summed E-state index contributed by atoms with van der Waals surface area (Å²) in [6.07, 6.45) is 6.40. The highest BCUT2D eigenvalue weighted by Crippen LogP contribution is 2.03. The van der Waals surface area contributed by atoms with Crippen LogP contribution in [0.2, 0.25) is 0 Å². The van der Waals surface area contributed by atoms with Gasteiger partial charge in [0.2, 0.25) is 0 Å². The van der Waals surface area contributed by atoms with Crippen molar-refractivity contribution in [3.05, 3.63) is 0 Å². The van der Waals surface area contributed by atoms with Crippen LogP contribution in [0.25, 0.3) is 0 Å². The van der Waals surface area contributed by atoms with E-state index < -0.39 is 48.0 Å². The van der Waals surface area contributed by atoms with Crippen molar-refractivity contribution in [1.29, 1.82) is 0 Å². The van der Waals surface area contributed by atoms with Crippen LogP contribution in [0.15, 0.2) is 20.6 Å². The highest BCUT2D eigenvalue weighted by atomic mass is 16.6. The number of hydrogen-bond acceptors (Lipinski definition) is 16. The smallest absolute Gasteiger partial charge is 0.320 e. The molecule has 324 valence electrons. The highest BCUT2D eigenvalue weighted by molar-refractivity contribution is 5.79.